The molecule has 0 aliphatic rings. The normalized spacial score (nSPS) is 11.1. The highest BCUT2D eigenvalue weighted by molar-refractivity contribution is 7.11. The maximum absolute atomic E-state index is 5.08. The lowest BCUT2D eigenvalue weighted by Gasteiger charge is -1.97. The third kappa shape index (κ3) is 3.26. The maximum atomic E-state index is 5.08. The summed E-state index contributed by atoms with van der Waals surface area (Å²) in [7, 11) is 0. The number of hydrogen-bond donors (Lipinski definition) is 1. The number of hydrogen-bond acceptors (Lipinski definition) is 6. The Morgan fingerprint density at radius 3 is 2.88 bits per heavy atom. The number of thiazole rings is 1. The van der Waals surface area contributed by atoms with Crippen LogP contribution in [0.3, 0.4) is 0 Å². The Labute approximate surface area is 104 Å². The molecular formula is C11H16N4OS. The summed E-state index contributed by atoms with van der Waals surface area (Å²) in [5.74, 6) is 1.02. The fourth-order valence-corrected chi connectivity index (χ4v) is 2.12. The van der Waals surface area contributed by atoms with E-state index in [2.05, 4.69) is 27.4 Å². The Bertz CT molecular complexity index is 477. The maximum Gasteiger partial charge on any atom is 0.321 e. The van der Waals surface area contributed by atoms with Crippen LogP contribution in [0.25, 0.3) is 0 Å². The minimum atomic E-state index is 0.288. The van der Waals surface area contributed by atoms with Gasteiger partial charge in [-0.05, 0) is 6.92 Å². The smallest absolute Gasteiger partial charge is 0.321 e. The highest BCUT2D eigenvalue weighted by Gasteiger charge is 2.08. The molecule has 5 nitrogen and oxygen atoms in total. The summed E-state index contributed by atoms with van der Waals surface area (Å²) in [6.07, 6.45) is 2.77. The minimum Gasteiger partial charge on any atom is -0.337 e. The van der Waals surface area contributed by atoms with E-state index >= 15 is 0 Å². The summed E-state index contributed by atoms with van der Waals surface area (Å²) in [5, 5.41) is 8.11. The zero-order chi connectivity index (χ0) is 12.3. The topological polar surface area (TPSA) is 63.8 Å². The number of rotatable bonds is 5. The van der Waals surface area contributed by atoms with Gasteiger partial charge >= 0.3 is 6.01 Å². The standard InChI is InChI=1S/C11H16N4OS/c1-7(2)10-14-11(16-15-10)12-5-4-9-13-6-8(3)17-9/h6-7H,4-5H2,1-3H3,(H,12,14,15). The molecule has 0 bridgehead atoms. The van der Waals surface area contributed by atoms with Crippen LogP contribution in [0.5, 0.6) is 0 Å². The molecule has 92 valence electrons. The number of aromatic nitrogens is 3. The van der Waals surface area contributed by atoms with Crippen LogP contribution in [0.4, 0.5) is 6.01 Å². The van der Waals surface area contributed by atoms with Gasteiger partial charge in [0.15, 0.2) is 5.82 Å². The fourth-order valence-electron chi connectivity index (χ4n) is 1.33. The molecule has 2 heterocycles. The van der Waals surface area contributed by atoms with Crippen LogP contribution in [0.1, 0.15) is 35.5 Å². The van der Waals surface area contributed by atoms with E-state index < -0.39 is 0 Å². The van der Waals surface area contributed by atoms with Crippen molar-refractivity contribution in [1.82, 2.24) is 15.1 Å². The van der Waals surface area contributed by atoms with Crippen LogP contribution in [-0.4, -0.2) is 21.7 Å². The van der Waals surface area contributed by atoms with Gasteiger partial charge in [0.25, 0.3) is 0 Å². The van der Waals surface area contributed by atoms with Crippen molar-refractivity contribution in [2.45, 2.75) is 33.1 Å². The molecule has 0 fully saturated rings. The first kappa shape index (κ1) is 12.0. The molecule has 0 atom stereocenters. The van der Waals surface area contributed by atoms with Crippen molar-refractivity contribution < 1.29 is 4.52 Å². The fraction of sp³-hybridized carbons (Fsp3) is 0.545. The lowest BCUT2D eigenvalue weighted by molar-refractivity contribution is 0.419. The SMILES string of the molecule is Cc1cnc(CCNc2nc(C(C)C)no2)s1. The highest BCUT2D eigenvalue weighted by atomic mass is 32.1. The molecule has 0 aliphatic heterocycles. The van der Waals surface area contributed by atoms with Gasteiger partial charge < -0.3 is 9.84 Å². The summed E-state index contributed by atoms with van der Waals surface area (Å²) in [6.45, 7) is 6.88. The van der Waals surface area contributed by atoms with E-state index in [0.717, 1.165) is 23.8 Å². The molecule has 0 saturated carbocycles. The van der Waals surface area contributed by atoms with Gasteiger partial charge in [0.1, 0.15) is 0 Å². The Morgan fingerprint density at radius 2 is 2.29 bits per heavy atom. The molecule has 0 amide bonds. The summed E-state index contributed by atoms with van der Waals surface area (Å²) in [6, 6.07) is 0.488. The van der Waals surface area contributed by atoms with E-state index in [9.17, 15) is 0 Å². The van der Waals surface area contributed by atoms with Gasteiger partial charge in [-0.2, -0.15) is 4.98 Å². The molecule has 2 rings (SSSR count). The lowest BCUT2D eigenvalue weighted by Crippen LogP contribution is -2.05. The first-order valence-corrected chi connectivity index (χ1v) is 6.45. The van der Waals surface area contributed by atoms with E-state index in [1.807, 2.05) is 20.0 Å². The lowest BCUT2D eigenvalue weighted by atomic mass is 10.2. The van der Waals surface area contributed by atoms with Crippen molar-refractivity contribution in [2.24, 2.45) is 0 Å². The number of aryl methyl sites for hydroxylation is 1. The number of anilines is 1. The summed E-state index contributed by atoms with van der Waals surface area (Å²) in [5.41, 5.74) is 0. The zero-order valence-corrected chi connectivity index (χ0v) is 11.0. The zero-order valence-electron chi connectivity index (χ0n) is 10.2. The second-order valence-electron chi connectivity index (χ2n) is 4.15. The first-order chi connectivity index (χ1) is 8.15. The number of nitrogens with one attached hydrogen (secondary N) is 1. The average molecular weight is 252 g/mol. The van der Waals surface area contributed by atoms with Crippen LogP contribution in [0, 0.1) is 6.92 Å². The average Bonchev–Trinajstić information content (AvgIpc) is 2.88. The van der Waals surface area contributed by atoms with Crippen molar-refractivity contribution in [3.05, 3.63) is 21.9 Å². The largest absolute Gasteiger partial charge is 0.337 e. The van der Waals surface area contributed by atoms with Crippen molar-refractivity contribution in [3.63, 3.8) is 0 Å². The molecule has 0 unspecified atom stereocenters. The molecule has 6 heteroatoms. The minimum absolute atomic E-state index is 0.288. The van der Waals surface area contributed by atoms with Gasteiger partial charge in [0.2, 0.25) is 0 Å². The Kier molecular flexibility index (Phi) is 3.73. The molecule has 0 aliphatic carbocycles. The Hall–Kier alpha value is -1.43. The van der Waals surface area contributed by atoms with E-state index in [1.165, 1.54) is 4.88 Å². The second kappa shape index (κ2) is 5.27. The van der Waals surface area contributed by atoms with Crippen LogP contribution in [0.15, 0.2) is 10.7 Å². The molecule has 2 aromatic rings. The Balaban J connectivity index is 1.81. The quantitative estimate of drug-likeness (QED) is 0.886. The van der Waals surface area contributed by atoms with Gasteiger partial charge in [-0.15, -0.1) is 11.3 Å². The first-order valence-electron chi connectivity index (χ1n) is 5.64. The van der Waals surface area contributed by atoms with Crippen LogP contribution in [-0.2, 0) is 6.42 Å². The van der Waals surface area contributed by atoms with E-state index in [0.29, 0.717) is 6.01 Å². The van der Waals surface area contributed by atoms with E-state index in [-0.39, 0.29) is 5.92 Å². The van der Waals surface area contributed by atoms with Gasteiger partial charge in [0.05, 0.1) is 5.01 Å². The van der Waals surface area contributed by atoms with Crippen LogP contribution in [0.2, 0.25) is 0 Å². The van der Waals surface area contributed by atoms with Crippen molar-refractivity contribution in [3.8, 4) is 0 Å². The summed E-state index contributed by atoms with van der Waals surface area (Å²) < 4.78 is 5.08. The Morgan fingerprint density at radius 1 is 1.47 bits per heavy atom. The second-order valence-corrected chi connectivity index (χ2v) is 5.47. The molecule has 0 saturated heterocycles. The van der Waals surface area contributed by atoms with Gasteiger partial charge in [-0.25, -0.2) is 4.98 Å². The monoisotopic (exact) mass is 252 g/mol. The third-order valence-electron chi connectivity index (χ3n) is 2.24. The van der Waals surface area contributed by atoms with Crippen molar-refractivity contribution >= 4 is 17.4 Å². The van der Waals surface area contributed by atoms with Crippen LogP contribution < -0.4 is 5.32 Å². The van der Waals surface area contributed by atoms with E-state index in [4.69, 9.17) is 4.52 Å². The highest BCUT2D eigenvalue weighted by Crippen LogP contribution is 2.14. The van der Waals surface area contributed by atoms with Gasteiger partial charge in [0, 0.05) is 30.0 Å². The van der Waals surface area contributed by atoms with Crippen LogP contribution >= 0.6 is 11.3 Å². The van der Waals surface area contributed by atoms with Gasteiger partial charge in [-0.3, -0.25) is 0 Å². The molecule has 0 spiro atoms. The van der Waals surface area contributed by atoms with Crippen molar-refractivity contribution in [1.29, 1.82) is 0 Å². The molecule has 0 radical (unpaired) electrons. The predicted octanol–water partition coefficient (Wildman–Crippen LogP) is 2.61. The molecule has 1 N–H and O–H groups in total. The van der Waals surface area contributed by atoms with Gasteiger partial charge in [-0.1, -0.05) is 19.0 Å². The predicted molar refractivity (Wildman–Crippen MR) is 67.4 cm³/mol. The molecular weight excluding hydrogens is 236 g/mol. The molecule has 2 aromatic heterocycles. The number of nitrogens with zero attached hydrogens (tertiary/aromatic N) is 3. The van der Waals surface area contributed by atoms with Crippen molar-refractivity contribution in [2.75, 3.05) is 11.9 Å². The third-order valence-corrected chi connectivity index (χ3v) is 3.21. The molecule has 17 heavy (non-hydrogen) atoms. The summed E-state index contributed by atoms with van der Waals surface area (Å²) >= 11 is 1.72. The molecule has 0 aromatic carbocycles. The summed E-state index contributed by atoms with van der Waals surface area (Å²) in [4.78, 5) is 9.77. The van der Waals surface area contributed by atoms with E-state index in [1.54, 1.807) is 11.3 Å².